The predicted octanol–water partition coefficient (Wildman–Crippen LogP) is 3.18. The molecule has 1 heterocycles. The molecule has 19 heavy (non-hydrogen) atoms. The molecule has 2 atom stereocenters. The summed E-state index contributed by atoms with van der Waals surface area (Å²) in [6.07, 6.45) is 1.01. The van der Waals surface area contributed by atoms with Gasteiger partial charge in [0.2, 0.25) is 0 Å². The number of rotatable bonds is 3. The molecular weight excluding hydrogens is 246 g/mol. The molecule has 0 spiro atoms. The van der Waals surface area contributed by atoms with Crippen molar-refractivity contribution in [2.75, 3.05) is 18.0 Å². The Balaban J connectivity index is 2.30. The molecule has 4 heteroatoms. The molecule has 1 aliphatic rings. The van der Waals surface area contributed by atoms with E-state index in [2.05, 4.69) is 31.0 Å². The standard InChI is InChI=1S/C15H22F2N2/c1-4-13-9-19(15(8-18-13)10(2)3)14-6-11(16)5-12(17)7-14/h5-7,10,13,15,18H,4,8-9H2,1-3H3. The average molecular weight is 268 g/mol. The normalized spacial score (nSPS) is 24.0. The molecule has 1 aromatic carbocycles. The molecule has 0 amide bonds. The van der Waals surface area contributed by atoms with Crippen molar-refractivity contribution in [2.24, 2.45) is 5.92 Å². The second-order valence-corrected chi connectivity index (χ2v) is 5.60. The zero-order valence-electron chi connectivity index (χ0n) is 11.8. The summed E-state index contributed by atoms with van der Waals surface area (Å²) in [5.41, 5.74) is 0.649. The summed E-state index contributed by atoms with van der Waals surface area (Å²) in [7, 11) is 0. The first-order chi connectivity index (χ1) is 9.01. The number of piperazine rings is 1. The Morgan fingerprint density at radius 2 is 1.89 bits per heavy atom. The number of hydrogen-bond donors (Lipinski definition) is 1. The summed E-state index contributed by atoms with van der Waals surface area (Å²) >= 11 is 0. The number of anilines is 1. The lowest BCUT2D eigenvalue weighted by atomic mass is 9.97. The van der Waals surface area contributed by atoms with Crippen LogP contribution in [-0.2, 0) is 0 Å². The number of halogens is 2. The van der Waals surface area contributed by atoms with Crippen LogP contribution in [0, 0.1) is 17.6 Å². The van der Waals surface area contributed by atoms with Gasteiger partial charge in [-0.3, -0.25) is 0 Å². The van der Waals surface area contributed by atoms with E-state index in [-0.39, 0.29) is 6.04 Å². The van der Waals surface area contributed by atoms with Crippen molar-refractivity contribution in [3.63, 3.8) is 0 Å². The maximum absolute atomic E-state index is 13.4. The topological polar surface area (TPSA) is 15.3 Å². The van der Waals surface area contributed by atoms with Crippen LogP contribution in [0.3, 0.4) is 0 Å². The quantitative estimate of drug-likeness (QED) is 0.905. The van der Waals surface area contributed by atoms with Crippen LogP contribution in [0.1, 0.15) is 27.2 Å². The van der Waals surface area contributed by atoms with Gasteiger partial charge >= 0.3 is 0 Å². The van der Waals surface area contributed by atoms with Crippen molar-refractivity contribution >= 4 is 5.69 Å². The molecule has 106 valence electrons. The van der Waals surface area contributed by atoms with Gasteiger partial charge in [-0.15, -0.1) is 0 Å². The van der Waals surface area contributed by atoms with Crippen molar-refractivity contribution in [1.82, 2.24) is 5.32 Å². The van der Waals surface area contributed by atoms with Gasteiger partial charge < -0.3 is 10.2 Å². The van der Waals surface area contributed by atoms with E-state index in [1.165, 1.54) is 12.1 Å². The summed E-state index contributed by atoms with van der Waals surface area (Å²) in [5.74, 6) is -0.593. The number of hydrogen-bond acceptors (Lipinski definition) is 2. The van der Waals surface area contributed by atoms with Gasteiger partial charge in [0.05, 0.1) is 0 Å². The fraction of sp³-hybridized carbons (Fsp3) is 0.600. The predicted molar refractivity (Wildman–Crippen MR) is 74.4 cm³/mol. The fourth-order valence-corrected chi connectivity index (χ4v) is 2.71. The zero-order chi connectivity index (χ0) is 14.0. The van der Waals surface area contributed by atoms with E-state index in [9.17, 15) is 8.78 Å². The van der Waals surface area contributed by atoms with Gasteiger partial charge in [0.25, 0.3) is 0 Å². The third kappa shape index (κ3) is 3.24. The first-order valence-electron chi connectivity index (χ1n) is 6.97. The summed E-state index contributed by atoms with van der Waals surface area (Å²) in [5, 5.41) is 3.50. The fourth-order valence-electron chi connectivity index (χ4n) is 2.71. The van der Waals surface area contributed by atoms with Gasteiger partial charge in [-0.1, -0.05) is 20.8 Å². The lowest BCUT2D eigenvalue weighted by molar-refractivity contribution is 0.333. The van der Waals surface area contributed by atoms with Crippen molar-refractivity contribution in [2.45, 2.75) is 39.3 Å². The summed E-state index contributed by atoms with van der Waals surface area (Å²) < 4.78 is 26.8. The van der Waals surface area contributed by atoms with Crippen LogP contribution in [0.2, 0.25) is 0 Å². The van der Waals surface area contributed by atoms with E-state index in [1.54, 1.807) is 0 Å². The van der Waals surface area contributed by atoms with Gasteiger partial charge in [-0.2, -0.15) is 0 Å². The van der Waals surface area contributed by atoms with Crippen LogP contribution in [0.25, 0.3) is 0 Å². The number of benzene rings is 1. The molecular formula is C15H22F2N2. The van der Waals surface area contributed by atoms with E-state index >= 15 is 0 Å². The van der Waals surface area contributed by atoms with Crippen molar-refractivity contribution in [3.8, 4) is 0 Å². The van der Waals surface area contributed by atoms with E-state index in [0.717, 1.165) is 25.6 Å². The second kappa shape index (κ2) is 5.87. The van der Waals surface area contributed by atoms with Crippen LogP contribution in [0.5, 0.6) is 0 Å². The number of nitrogens with zero attached hydrogens (tertiary/aromatic N) is 1. The Labute approximate surface area is 113 Å². The lowest BCUT2D eigenvalue weighted by Crippen LogP contribution is -2.58. The Hall–Kier alpha value is -1.16. The monoisotopic (exact) mass is 268 g/mol. The van der Waals surface area contributed by atoms with Crippen LogP contribution in [0.15, 0.2) is 18.2 Å². The van der Waals surface area contributed by atoms with Gasteiger partial charge in [0.1, 0.15) is 11.6 Å². The minimum atomic E-state index is -0.510. The molecule has 1 fully saturated rings. The molecule has 1 aromatic rings. The minimum absolute atomic E-state index is 0.268. The van der Waals surface area contributed by atoms with Crippen LogP contribution >= 0.6 is 0 Å². The molecule has 2 rings (SSSR count). The van der Waals surface area contributed by atoms with Gasteiger partial charge in [-0.05, 0) is 24.5 Å². The van der Waals surface area contributed by atoms with Crippen LogP contribution in [-0.4, -0.2) is 25.2 Å². The van der Waals surface area contributed by atoms with Crippen LogP contribution in [0.4, 0.5) is 14.5 Å². The third-order valence-electron chi connectivity index (χ3n) is 3.87. The van der Waals surface area contributed by atoms with Crippen molar-refractivity contribution < 1.29 is 8.78 Å². The molecule has 0 aromatic heterocycles. The summed E-state index contributed by atoms with van der Waals surface area (Å²) in [6, 6.07) is 4.42. The van der Waals surface area contributed by atoms with E-state index in [0.29, 0.717) is 17.6 Å². The van der Waals surface area contributed by atoms with E-state index < -0.39 is 11.6 Å². The highest BCUT2D eigenvalue weighted by Gasteiger charge is 2.29. The van der Waals surface area contributed by atoms with Crippen LogP contribution < -0.4 is 10.2 Å². The zero-order valence-corrected chi connectivity index (χ0v) is 11.8. The Morgan fingerprint density at radius 1 is 1.26 bits per heavy atom. The van der Waals surface area contributed by atoms with Crippen molar-refractivity contribution in [1.29, 1.82) is 0 Å². The minimum Gasteiger partial charge on any atom is -0.365 e. The Bertz CT molecular complexity index is 414. The lowest BCUT2D eigenvalue weighted by Gasteiger charge is -2.43. The highest BCUT2D eigenvalue weighted by molar-refractivity contribution is 5.49. The Morgan fingerprint density at radius 3 is 2.42 bits per heavy atom. The van der Waals surface area contributed by atoms with Gasteiger partial charge in [0, 0.05) is 36.9 Å². The summed E-state index contributed by atoms with van der Waals surface area (Å²) in [6.45, 7) is 8.05. The molecule has 0 saturated carbocycles. The largest absolute Gasteiger partial charge is 0.365 e. The molecule has 1 N–H and O–H groups in total. The Kier molecular flexibility index (Phi) is 4.40. The molecule has 2 nitrogen and oxygen atoms in total. The second-order valence-electron chi connectivity index (χ2n) is 5.60. The van der Waals surface area contributed by atoms with E-state index in [4.69, 9.17) is 0 Å². The number of nitrogens with one attached hydrogen (secondary N) is 1. The molecule has 0 bridgehead atoms. The molecule has 1 aliphatic heterocycles. The van der Waals surface area contributed by atoms with Gasteiger partial charge in [0.15, 0.2) is 0 Å². The first-order valence-corrected chi connectivity index (χ1v) is 6.97. The first kappa shape index (κ1) is 14.3. The van der Waals surface area contributed by atoms with E-state index in [1.807, 2.05) is 0 Å². The maximum Gasteiger partial charge on any atom is 0.128 e. The highest BCUT2D eigenvalue weighted by Crippen LogP contribution is 2.26. The van der Waals surface area contributed by atoms with Gasteiger partial charge in [-0.25, -0.2) is 8.78 Å². The molecule has 2 unspecified atom stereocenters. The average Bonchev–Trinajstić information content (AvgIpc) is 2.36. The van der Waals surface area contributed by atoms with Crippen molar-refractivity contribution in [3.05, 3.63) is 29.8 Å². The third-order valence-corrected chi connectivity index (χ3v) is 3.87. The smallest absolute Gasteiger partial charge is 0.128 e. The SMILES string of the molecule is CCC1CN(c2cc(F)cc(F)c2)C(C(C)C)CN1. The highest BCUT2D eigenvalue weighted by atomic mass is 19.1. The molecule has 1 saturated heterocycles. The molecule has 0 aliphatic carbocycles. The molecule has 0 radical (unpaired) electrons. The maximum atomic E-state index is 13.4. The summed E-state index contributed by atoms with van der Waals surface area (Å²) in [4.78, 5) is 2.14.